The van der Waals surface area contributed by atoms with Gasteiger partial charge in [0.15, 0.2) is 5.76 Å². The third kappa shape index (κ3) is 9.73. The summed E-state index contributed by atoms with van der Waals surface area (Å²) in [4.78, 5) is 30.4. The van der Waals surface area contributed by atoms with Crippen LogP contribution in [-0.2, 0) is 42.8 Å². The maximum Gasteiger partial charge on any atom is 0.365 e. The normalized spacial score (nSPS) is 12.4. The zero-order valence-corrected chi connectivity index (χ0v) is 30.3. The van der Waals surface area contributed by atoms with Gasteiger partial charge < -0.3 is 22.9 Å². The third-order valence-electron chi connectivity index (χ3n) is 6.85. The number of carbonyl (C=O) groups is 2. The number of hydrogen-bond acceptors (Lipinski definition) is 10. The van der Waals surface area contributed by atoms with Crippen molar-refractivity contribution in [3.8, 4) is 23.0 Å². The number of esters is 2. The molecule has 0 aliphatic rings. The van der Waals surface area contributed by atoms with Crippen molar-refractivity contribution in [1.29, 1.82) is 0 Å². The van der Waals surface area contributed by atoms with Crippen LogP contribution in [0.15, 0.2) is 65.3 Å². The van der Waals surface area contributed by atoms with Crippen LogP contribution in [0.1, 0.15) is 76.4 Å². The van der Waals surface area contributed by atoms with Crippen molar-refractivity contribution < 1.29 is 37.1 Å². The maximum absolute atomic E-state index is 14.7. The van der Waals surface area contributed by atoms with Gasteiger partial charge in [0.25, 0.3) is 0 Å². The molecular weight excluding hydrogens is 637 g/mol. The SMILES string of the molecule is Cc1nc(-c2occc2P(=O)(OCc2ccc(OC(=O)C(C)(C)C)cc2)OCc2ccc(OC(=O)C(C)(C)C)cc2)c(CC(C)C)s1. The topological polar surface area (TPSA) is 114 Å². The smallest absolute Gasteiger partial charge is 0.365 e. The number of ether oxygens (including phenoxy) is 2. The molecule has 2 heterocycles. The number of furan rings is 1. The van der Waals surface area contributed by atoms with E-state index in [0.717, 1.165) is 16.3 Å². The average Bonchev–Trinajstić information content (AvgIpc) is 3.62. The molecular formula is C36H44NO8PS. The van der Waals surface area contributed by atoms with E-state index in [9.17, 15) is 14.2 Å². The molecule has 2 aromatic carbocycles. The predicted molar refractivity (Wildman–Crippen MR) is 183 cm³/mol. The minimum absolute atomic E-state index is 0.0496. The first kappa shape index (κ1) is 36.3. The van der Waals surface area contributed by atoms with Crippen LogP contribution in [-0.4, -0.2) is 16.9 Å². The Morgan fingerprint density at radius 2 is 1.28 bits per heavy atom. The van der Waals surface area contributed by atoms with Crippen LogP contribution in [0.3, 0.4) is 0 Å². The Labute approximate surface area is 281 Å². The number of nitrogens with zero attached hydrogens (tertiary/aromatic N) is 1. The second kappa shape index (κ2) is 14.7. The summed E-state index contributed by atoms with van der Waals surface area (Å²) >= 11 is 1.58. The first-order valence-corrected chi connectivity index (χ1v) is 17.9. The molecule has 4 rings (SSSR count). The molecule has 0 bridgehead atoms. The van der Waals surface area contributed by atoms with Crippen molar-refractivity contribution in [2.24, 2.45) is 16.7 Å². The van der Waals surface area contributed by atoms with Crippen LogP contribution >= 0.6 is 18.9 Å². The number of thiazole rings is 1. The Morgan fingerprint density at radius 3 is 1.70 bits per heavy atom. The highest BCUT2D eigenvalue weighted by Crippen LogP contribution is 2.51. The first-order valence-electron chi connectivity index (χ1n) is 15.5. The Kier molecular flexibility index (Phi) is 11.3. The van der Waals surface area contributed by atoms with Crippen LogP contribution in [0.2, 0.25) is 0 Å². The van der Waals surface area contributed by atoms with Crippen molar-refractivity contribution in [2.75, 3.05) is 0 Å². The summed E-state index contributed by atoms with van der Waals surface area (Å²) in [7, 11) is -4.02. The predicted octanol–water partition coefficient (Wildman–Crippen LogP) is 9.07. The van der Waals surface area contributed by atoms with Gasteiger partial charge in [-0.3, -0.25) is 14.2 Å². The number of aryl methyl sites for hydroxylation is 1. The van der Waals surface area contributed by atoms with Gasteiger partial charge in [0.1, 0.15) is 22.5 Å². The van der Waals surface area contributed by atoms with E-state index in [-0.39, 0.29) is 30.5 Å². The molecule has 0 unspecified atom stereocenters. The van der Waals surface area contributed by atoms with Gasteiger partial charge in [0.05, 0.1) is 35.3 Å². The number of hydrogen-bond donors (Lipinski definition) is 0. The Balaban J connectivity index is 1.60. The molecule has 0 aliphatic heterocycles. The lowest BCUT2D eigenvalue weighted by Gasteiger charge is -2.20. The molecule has 252 valence electrons. The standard InChI is InChI=1S/C36H44NO8PS/c1-23(2)20-30-31(37-24(3)47-30)32-29(18-19-41-32)46(40,42-21-25-10-14-27(15-11-25)44-33(38)35(4,5)6)43-22-26-12-16-28(17-13-26)45-34(39)36(7,8)9/h10-19,23H,20-22H2,1-9H3. The monoisotopic (exact) mass is 681 g/mol. The largest absolute Gasteiger partial charge is 0.462 e. The highest BCUT2D eigenvalue weighted by atomic mass is 32.1. The molecule has 0 saturated carbocycles. The molecule has 0 aliphatic carbocycles. The molecule has 11 heteroatoms. The Hall–Kier alpha value is -3.56. The minimum atomic E-state index is -4.02. The first-order chi connectivity index (χ1) is 21.9. The highest BCUT2D eigenvalue weighted by Gasteiger charge is 2.35. The summed E-state index contributed by atoms with van der Waals surface area (Å²) < 4.78 is 43.9. The van der Waals surface area contributed by atoms with Crippen molar-refractivity contribution in [1.82, 2.24) is 4.98 Å². The van der Waals surface area contributed by atoms with Crippen molar-refractivity contribution >= 4 is 36.2 Å². The number of carbonyl (C=O) groups excluding carboxylic acids is 2. The molecule has 47 heavy (non-hydrogen) atoms. The highest BCUT2D eigenvalue weighted by molar-refractivity contribution is 7.62. The molecule has 0 atom stereocenters. The molecule has 0 spiro atoms. The molecule has 0 amide bonds. The van der Waals surface area contributed by atoms with Gasteiger partial charge in [-0.1, -0.05) is 38.1 Å². The second-order valence-electron chi connectivity index (χ2n) is 13.8. The maximum atomic E-state index is 14.7. The average molecular weight is 682 g/mol. The summed E-state index contributed by atoms with van der Waals surface area (Å²) in [6.07, 6.45) is 2.25. The van der Waals surface area contributed by atoms with E-state index in [2.05, 4.69) is 13.8 Å². The number of benzene rings is 2. The summed E-state index contributed by atoms with van der Waals surface area (Å²) in [5.41, 5.74) is 0.740. The van der Waals surface area contributed by atoms with E-state index in [0.29, 0.717) is 40.0 Å². The minimum Gasteiger partial charge on any atom is -0.462 e. The Morgan fingerprint density at radius 1 is 0.809 bits per heavy atom. The van der Waals surface area contributed by atoms with E-state index < -0.39 is 18.4 Å². The molecule has 0 radical (unpaired) electrons. The fourth-order valence-corrected chi connectivity index (χ4v) is 6.96. The van der Waals surface area contributed by atoms with Gasteiger partial charge in [-0.25, -0.2) is 4.98 Å². The molecule has 2 aromatic heterocycles. The fraction of sp³-hybridized carbons (Fsp3) is 0.417. The zero-order valence-electron chi connectivity index (χ0n) is 28.5. The van der Waals surface area contributed by atoms with Crippen LogP contribution in [0.5, 0.6) is 11.5 Å². The lowest BCUT2D eigenvalue weighted by Crippen LogP contribution is -2.25. The van der Waals surface area contributed by atoms with E-state index in [1.54, 1.807) is 107 Å². The van der Waals surface area contributed by atoms with Crippen LogP contribution in [0.25, 0.3) is 11.5 Å². The fourth-order valence-electron chi connectivity index (χ4n) is 4.17. The summed E-state index contributed by atoms with van der Waals surface area (Å²) in [6.45, 7) is 16.8. The van der Waals surface area contributed by atoms with Crippen LogP contribution in [0, 0.1) is 23.7 Å². The molecule has 0 fully saturated rings. The van der Waals surface area contributed by atoms with E-state index in [1.165, 1.54) is 6.26 Å². The van der Waals surface area contributed by atoms with E-state index >= 15 is 0 Å². The number of rotatable bonds is 12. The van der Waals surface area contributed by atoms with Gasteiger partial charge in [-0.2, -0.15) is 0 Å². The van der Waals surface area contributed by atoms with E-state index in [1.807, 2.05) is 6.92 Å². The lowest BCUT2D eigenvalue weighted by molar-refractivity contribution is -0.143. The molecule has 0 N–H and O–H groups in total. The lowest BCUT2D eigenvalue weighted by atomic mass is 9.97. The van der Waals surface area contributed by atoms with Crippen molar-refractivity contribution in [3.05, 3.63) is 81.9 Å². The summed E-state index contributed by atoms with van der Waals surface area (Å²) in [5, 5.41) is 1.15. The zero-order chi connectivity index (χ0) is 34.6. The summed E-state index contributed by atoms with van der Waals surface area (Å²) in [5.74, 6) is 0.837. The van der Waals surface area contributed by atoms with Gasteiger partial charge >= 0.3 is 19.5 Å². The molecule has 4 aromatic rings. The second-order valence-corrected chi connectivity index (χ2v) is 17.1. The molecule has 0 saturated heterocycles. The number of aromatic nitrogens is 1. The summed E-state index contributed by atoms with van der Waals surface area (Å²) in [6, 6.07) is 15.3. The quantitative estimate of drug-likeness (QED) is 0.0821. The van der Waals surface area contributed by atoms with Crippen molar-refractivity contribution in [2.45, 2.75) is 81.9 Å². The van der Waals surface area contributed by atoms with Crippen LogP contribution < -0.4 is 14.8 Å². The van der Waals surface area contributed by atoms with E-state index in [4.69, 9.17) is 27.9 Å². The van der Waals surface area contributed by atoms with Gasteiger partial charge in [-0.05, 0) is 102 Å². The van der Waals surface area contributed by atoms with Crippen LogP contribution in [0.4, 0.5) is 0 Å². The van der Waals surface area contributed by atoms with Gasteiger partial charge in [0, 0.05) is 4.88 Å². The third-order valence-corrected chi connectivity index (χ3v) is 9.72. The van der Waals surface area contributed by atoms with Gasteiger partial charge in [0.2, 0.25) is 0 Å². The Bertz CT molecular complexity index is 1640. The van der Waals surface area contributed by atoms with Gasteiger partial charge in [-0.15, -0.1) is 11.3 Å². The molecule has 9 nitrogen and oxygen atoms in total. The van der Waals surface area contributed by atoms with Crippen molar-refractivity contribution in [3.63, 3.8) is 0 Å².